The molecule has 2 atom stereocenters. The number of aromatic nitrogens is 1. The molecule has 0 amide bonds. The van der Waals surface area contributed by atoms with Crippen molar-refractivity contribution >= 4 is 5.82 Å². The summed E-state index contributed by atoms with van der Waals surface area (Å²) in [5.41, 5.74) is 1.34. The van der Waals surface area contributed by atoms with E-state index in [1.54, 1.807) is 6.07 Å². The molecule has 1 aromatic heterocycles. The van der Waals surface area contributed by atoms with Crippen LogP contribution in [-0.2, 0) is 6.54 Å². The van der Waals surface area contributed by atoms with E-state index >= 15 is 0 Å². The number of nitrogens with zero attached hydrogens (tertiary/aromatic N) is 2. The number of hydrogen-bond acceptors (Lipinski definition) is 3. The topological polar surface area (TPSA) is 28.2 Å². The average molecular weight is 285 g/mol. The molecule has 21 heavy (non-hydrogen) atoms. The molecule has 1 aliphatic rings. The zero-order chi connectivity index (χ0) is 14.7. The van der Waals surface area contributed by atoms with Gasteiger partial charge < -0.3 is 5.32 Å². The molecule has 1 aliphatic heterocycles. The second-order valence-corrected chi connectivity index (χ2v) is 5.70. The SMILES string of the molecule is CC1CC(Nc2ccc(F)cn2)CN1Cc1ccccc1. The fourth-order valence-electron chi connectivity index (χ4n) is 2.91. The van der Waals surface area contributed by atoms with Crippen molar-refractivity contribution < 1.29 is 4.39 Å². The monoisotopic (exact) mass is 285 g/mol. The van der Waals surface area contributed by atoms with Gasteiger partial charge in [-0.3, -0.25) is 4.90 Å². The van der Waals surface area contributed by atoms with Crippen LogP contribution in [0.4, 0.5) is 10.2 Å². The molecular formula is C17H20FN3. The van der Waals surface area contributed by atoms with Crippen LogP contribution in [0.25, 0.3) is 0 Å². The van der Waals surface area contributed by atoms with Crippen molar-refractivity contribution in [2.45, 2.75) is 32.0 Å². The molecule has 0 radical (unpaired) electrons. The lowest BCUT2D eigenvalue weighted by Crippen LogP contribution is -2.28. The largest absolute Gasteiger partial charge is 0.366 e. The van der Waals surface area contributed by atoms with E-state index in [4.69, 9.17) is 0 Å². The van der Waals surface area contributed by atoms with Gasteiger partial charge in [0, 0.05) is 25.2 Å². The molecule has 1 aromatic carbocycles. The fraction of sp³-hybridized carbons (Fsp3) is 0.353. The normalized spacial score (nSPS) is 22.4. The Bertz CT molecular complexity index is 570. The molecule has 0 bridgehead atoms. The summed E-state index contributed by atoms with van der Waals surface area (Å²) >= 11 is 0. The molecule has 2 aromatic rings. The summed E-state index contributed by atoms with van der Waals surface area (Å²) in [6.45, 7) is 4.20. The molecule has 0 saturated carbocycles. The first-order valence-corrected chi connectivity index (χ1v) is 7.37. The molecule has 3 nitrogen and oxygen atoms in total. The van der Waals surface area contributed by atoms with Crippen LogP contribution < -0.4 is 5.32 Å². The summed E-state index contributed by atoms with van der Waals surface area (Å²) in [5, 5.41) is 3.39. The minimum Gasteiger partial charge on any atom is -0.366 e. The predicted molar refractivity (Wildman–Crippen MR) is 82.5 cm³/mol. The smallest absolute Gasteiger partial charge is 0.141 e. The van der Waals surface area contributed by atoms with Gasteiger partial charge in [-0.25, -0.2) is 9.37 Å². The lowest BCUT2D eigenvalue weighted by atomic mass is 10.2. The Labute approximate surface area is 124 Å². The summed E-state index contributed by atoms with van der Waals surface area (Å²) in [5.74, 6) is 0.446. The molecule has 3 rings (SSSR count). The number of rotatable bonds is 4. The van der Waals surface area contributed by atoms with Crippen molar-refractivity contribution in [3.63, 3.8) is 0 Å². The van der Waals surface area contributed by atoms with Gasteiger partial charge in [-0.2, -0.15) is 0 Å². The fourth-order valence-corrected chi connectivity index (χ4v) is 2.91. The summed E-state index contributed by atoms with van der Waals surface area (Å²) in [4.78, 5) is 6.54. The van der Waals surface area contributed by atoms with Crippen molar-refractivity contribution in [2.75, 3.05) is 11.9 Å². The first-order valence-electron chi connectivity index (χ1n) is 7.37. The lowest BCUT2D eigenvalue weighted by Gasteiger charge is -2.20. The first kappa shape index (κ1) is 14.0. The Morgan fingerprint density at radius 1 is 1.24 bits per heavy atom. The summed E-state index contributed by atoms with van der Waals surface area (Å²) < 4.78 is 12.9. The molecule has 1 N–H and O–H groups in total. The van der Waals surface area contributed by atoms with Gasteiger partial charge in [-0.15, -0.1) is 0 Å². The van der Waals surface area contributed by atoms with Crippen LogP contribution in [0.5, 0.6) is 0 Å². The lowest BCUT2D eigenvalue weighted by molar-refractivity contribution is 0.259. The van der Waals surface area contributed by atoms with Crippen LogP contribution >= 0.6 is 0 Å². The van der Waals surface area contributed by atoms with Gasteiger partial charge in [0.05, 0.1) is 6.20 Å². The second kappa shape index (κ2) is 6.22. The Balaban J connectivity index is 1.59. The van der Waals surface area contributed by atoms with E-state index in [0.29, 0.717) is 12.1 Å². The van der Waals surface area contributed by atoms with Gasteiger partial charge in [-0.05, 0) is 31.0 Å². The first-order chi connectivity index (χ1) is 10.2. The van der Waals surface area contributed by atoms with Gasteiger partial charge in [-0.1, -0.05) is 30.3 Å². The van der Waals surface area contributed by atoms with Crippen LogP contribution in [0.2, 0.25) is 0 Å². The van der Waals surface area contributed by atoms with Crippen molar-refractivity contribution in [3.05, 3.63) is 60.0 Å². The molecular weight excluding hydrogens is 265 g/mol. The van der Waals surface area contributed by atoms with Crippen LogP contribution in [0.15, 0.2) is 48.7 Å². The maximum atomic E-state index is 12.9. The maximum absolute atomic E-state index is 12.9. The Hall–Kier alpha value is -1.94. The number of pyridine rings is 1. The molecule has 110 valence electrons. The van der Waals surface area contributed by atoms with E-state index in [-0.39, 0.29) is 5.82 Å². The third-order valence-corrected chi connectivity index (χ3v) is 4.01. The van der Waals surface area contributed by atoms with E-state index in [0.717, 1.165) is 25.3 Å². The van der Waals surface area contributed by atoms with E-state index in [1.807, 2.05) is 6.07 Å². The number of likely N-dealkylation sites (tertiary alicyclic amines) is 1. The molecule has 2 unspecified atom stereocenters. The van der Waals surface area contributed by atoms with E-state index < -0.39 is 0 Å². The highest BCUT2D eigenvalue weighted by molar-refractivity contribution is 5.35. The number of halogens is 1. The maximum Gasteiger partial charge on any atom is 0.141 e. The van der Waals surface area contributed by atoms with Crippen LogP contribution in [0.1, 0.15) is 18.9 Å². The van der Waals surface area contributed by atoms with Crippen LogP contribution in [0, 0.1) is 5.82 Å². The van der Waals surface area contributed by atoms with E-state index in [1.165, 1.54) is 17.8 Å². The van der Waals surface area contributed by atoms with Gasteiger partial charge in [0.25, 0.3) is 0 Å². The molecule has 0 spiro atoms. The van der Waals surface area contributed by atoms with E-state index in [9.17, 15) is 4.39 Å². The van der Waals surface area contributed by atoms with Crippen LogP contribution in [-0.4, -0.2) is 28.5 Å². The highest BCUT2D eigenvalue weighted by Crippen LogP contribution is 2.22. The van der Waals surface area contributed by atoms with Crippen LogP contribution in [0.3, 0.4) is 0 Å². The highest BCUT2D eigenvalue weighted by Gasteiger charge is 2.28. The zero-order valence-electron chi connectivity index (χ0n) is 12.2. The van der Waals surface area contributed by atoms with Crippen molar-refractivity contribution in [3.8, 4) is 0 Å². The van der Waals surface area contributed by atoms with Crippen molar-refractivity contribution in [2.24, 2.45) is 0 Å². The van der Waals surface area contributed by atoms with Crippen molar-refractivity contribution in [1.29, 1.82) is 0 Å². The quantitative estimate of drug-likeness (QED) is 0.934. The number of benzene rings is 1. The predicted octanol–water partition coefficient (Wildman–Crippen LogP) is 3.30. The minimum atomic E-state index is -0.300. The highest BCUT2D eigenvalue weighted by atomic mass is 19.1. The molecule has 4 heteroatoms. The molecule has 1 saturated heterocycles. The van der Waals surface area contributed by atoms with Gasteiger partial charge >= 0.3 is 0 Å². The second-order valence-electron chi connectivity index (χ2n) is 5.70. The van der Waals surface area contributed by atoms with E-state index in [2.05, 4.69) is 46.4 Å². The number of anilines is 1. The van der Waals surface area contributed by atoms with Gasteiger partial charge in [0.2, 0.25) is 0 Å². The summed E-state index contributed by atoms with van der Waals surface area (Å²) in [6, 6.07) is 14.5. The zero-order valence-corrected chi connectivity index (χ0v) is 12.2. The summed E-state index contributed by atoms with van der Waals surface area (Å²) in [7, 11) is 0. The third-order valence-electron chi connectivity index (χ3n) is 4.01. The molecule has 0 aliphatic carbocycles. The molecule has 1 fully saturated rings. The third kappa shape index (κ3) is 3.58. The molecule has 2 heterocycles. The summed E-state index contributed by atoms with van der Waals surface area (Å²) in [6.07, 6.45) is 2.33. The average Bonchev–Trinajstić information content (AvgIpc) is 2.82. The number of hydrogen-bond donors (Lipinski definition) is 1. The Morgan fingerprint density at radius 2 is 2.05 bits per heavy atom. The van der Waals surface area contributed by atoms with Gasteiger partial charge in [0.15, 0.2) is 0 Å². The van der Waals surface area contributed by atoms with Gasteiger partial charge in [0.1, 0.15) is 11.6 Å². The number of nitrogens with one attached hydrogen (secondary N) is 1. The van der Waals surface area contributed by atoms with Crippen molar-refractivity contribution in [1.82, 2.24) is 9.88 Å². The standard InChI is InChI=1S/C17H20FN3/c1-13-9-16(20-17-8-7-15(18)10-19-17)12-21(13)11-14-5-3-2-4-6-14/h2-8,10,13,16H,9,11-12H2,1H3,(H,19,20). The minimum absolute atomic E-state index is 0.300. The Kier molecular flexibility index (Phi) is 4.15. The Morgan fingerprint density at radius 3 is 2.76 bits per heavy atom.